The maximum atomic E-state index is 12.6. The van der Waals surface area contributed by atoms with E-state index in [2.05, 4.69) is 28.6 Å². The quantitative estimate of drug-likeness (QED) is 0.182. The number of nitrogens with two attached hydrogens (primary N) is 1. The molecule has 174 valence electrons. The Bertz CT molecular complexity index is 604. The second kappa shape index (κ2) is 13.5. The van der Waals surface area contributed by atoms with Gasteiger partial charge in [0.1, 0.15) is 18.1 Å². The molecule has 7 unspecified atom stereocenters. The van der Waals surface area contributed by atoms with Gasteiger partial charge in [-0.1, -0.05) is 40.5 Å². The normalized spacial score (nSPS) is 18.1. The lowest BCUT2D eigenvalue weighted by molar-refractivity contribution is -0.144. The Hall–Kier alpha value is -1.85. The third kappa shape index (κ3) is 8.49. The highest BCUT2D eigenvalue weighted by Gasteiger charge is 2.34. The largest absolute Gasteiger partial charge is 0.480 e. The lowest BCUT2D eigenvalue weighted by Crippen LogP contribution is -2.61. The van der Waals surface area contributed by atoms with Gasteiger partial charge in [0, 0.05) is 5.75 Å². The van der Waals surface area contributed by atoms with Crippen LogP contribution in [0.4, 0.5) is 0 Å². The van der Waals surface area contributed by atoms with Crippen LogP contribution in [-0.2, 0) is 19.2 Å². The first kappa shape index (κ1) is 28.1. The van der Waals surface area contributed by atoms with Crippen LogP contribution >= 0.6 is 12.6 Å². The van der Waals surface area contributed by atoms with Crippen molar-refractivity contribution < 1.29 is 29.4 Å². The fourth-order valence-corrected chi connectivity index (χ4v) is 2.82. The van der Waals surface area contributed by atoms with E-state index in [9.17, 15) is 29.4 Å². The number of carboxylic acid groups (broad SMARTS) is 1. The van der Waals surface area contributed by atoms with E-state index in [1.54, 1.807) is 13.8 Å². The molecule has 7 atom stereocenters. The molecule has 0 aliphatic carbocycles. The first-order valence-electron chi connectivity index (χ1n) is 10.1. The van der Waals surface area contributed by atoms with Crippen LogP contribution in [0, 0.1) is 11.8 Å². The van der Waals surface area contributed by atoms with Crippen molar-refractivity contribution in [3.8, 4) is 0 Å². The van der Waals surface area contributed by atoms with Crippen LogP contribution < -0.4 is 21.7 Å². The number of carbonyl (C=O) groups excluding carboxylic acids is 3. The number of thiol groups is 1. The van der Waals surface area contributed by atoms with Crippen molar-refractivity contribution in [2.24, 2.45) is 17.6 Å². The monoisotopic (exact) mass is 448 g/mol. The molecule has 7 N–H and O–H groups in total. The Morgan fingerprint density at radius 2 is 1.37 bits per heavy atom. The highest BCUT2D eigenvalue weighted by atomic mass is 32.1. The molecule has 0 heterocycles. The van der Waals surface area contributed by atoms with Crippen LogP contribution in [0.5, 0.6) is 0 Å². The molecule has 0 aliphatic heterocycles. The lowest BCUT2D eigenvalue weighted by Gasteiger charge is -2.27. The van der Waals surface area contributed by atoms with Crippen LogP contribution in [0.3, 0.4) is 0 Å². The Labute approximate surface area is 183 Å². The summed E-state index contributed by atoms with van der Waals surface area (Å²) in [6, 6.07) is -4.48. The first-order valence-corrected chi connectivity index (χ1v) is 10.7. The zero-order chi connectivity index (χ0) is 23.6. The molecule has 0 aromatic rings. The zero-order valence-electron chi connectivity index (χ0n) is 18.2. The predicted octanol–water partition coefficient (Wildman–Crippen LogP) is -0.744. The Balaban J connectivity index is 5.26. The lowest BCUT2D eigenvalue weighted by atomic mass is 9.98. The van der Waals surface area contributed by atoms with Gasteiger partial charge in [0.15, 0.2) is 0 Å². The van der Waals surface area contributed by atoms with E-state index < -0.39 is 54.0 Å². The maximum absolute atomic E-state index is 12.6. The highest BCUT2D eigenvalue weighted by Crippen LogP contribution is 2.09. The third-order valence-electron chi connectivity index (χ3n) is 5.21. The van der Waals surface area contributed by atoms with Gasteiger partial charge in [-0.15, -0.1) is 0 Å². The molecule has 0 fully saturated rings. The molecule has 0 bridgehead atoms. The summed E-state index contributed by atoms with van der Waals surface area (Å²) >= 11 is 4.06. The number of amides is 3. The number of hydrogen-bond donors (Lipinski definition) is 7. The molecule has 0 saturated heterocycles. The summed E-state index contributed by atoms with van der Waals surface area (Å²) in [4.78, 5) is 48.8. The third-order valence-corrected chi connectivity index (χ3v) is 5.58. The van der Waals surface area contributed by atoms with Crippen LogP contribution in [-0.4, -0.2) is 69.9 Å². The maximum Gasteiger partial charge on any atom is 0.326 e. The minimum atomic E-state index is -1.41. The van der Waals surface area contributed by atoms with Crippen molar-refractivity contribution in [1.82, 2.24) is 16.0 Å². The standard InChI is InChI=1S/C19H36N4O6S/c1-6-9(3)13(20)17(26)21-12(8-30)16(25)23-15(11(5)24)18(27)22-14(19(28)29)10(4)7-2/h9-15,24,30H,6-8,20H2,1-5H3,(H,21,26)(H,22,27)(H,23,25)(H,28,29). The predicted molar refractivity (Wildman–Crippen MR) is 116 cm³/mol. The molecule has 0 aromatic heterocycles. The zero-order valence-corrected chi connectivity index (χ0v) is 19.1. The van der Waals surface area contributed by atoms with Gasteiger partial charge in [-0.3, -0.25) is 14.4 Å². The summed E-state index contributed by atoms with van der Waals surface area (Å²) in [7, 11) is 0. The highest BCUT2D eigenvalue weighted by molar-refractivity contribution is 7.80. The van der Waals surface area contributed by atoms with Crippen LogP contribution in [0.1, 0.15) is 47.5 Å². The van der Waals surface area contributed by atoms with Crippen molar-refractivity contribution in [3.05, 3.63) is 0 Å². The average molecular weight is 449 g/mol. The first-order chi connectivity index (χ1) is 13.9. The number of rotatable bonds is 13. The van der Waals surface area contributed by atoms with Crippen LogP contribution in [0.15, 0.2) is 0 Å². The van der Waals surface area contributed by atoms with E-state index in [1.807, 2.05) is 13.8 Å². The molecule has 0 radical (unpaired) electrons. The van der Waals surface area contributed by atoms with E-state index >= 15 is 0 Å². The number of carboxylic acids is 1. The van der Waals surface area contributed by atoms with Gasteiger partial charge in [-0.05, 0) is 18.8 Å². The number of aliphatic carboxylic acids is 1. The molecule has 0 saturated carbocycles. The minimum absolute atomic E-state index is 0.0659. The van der Waals surface area contributed by atoms with Gasteiger partial charge in [0.2, 0.25) is 17.7 Å². The van der Waals surface area contributed by atoms with Crippen LogP contribution in [0.25, 0.3) is 0 Å². The van der Waals surface area contributed by atoms with E-state index in [4.69, 9.17) is 5.73 Å². The molecular weight excluding hydrogens is 412 g/mol. The van der Waals surface area contributed by atoms with E-state index in [-0.39, 0.29) is 17.6 Å². The second-order valence-electron chi connectivity index (χ2n) is 7.59. The van der Waals surface area contributed by atoms with Gasteiger partial charge >= 0.3 is 5.97 Å². The number of aliphatic hydroxyl groups excluding tert-OH is 1. The number of hydrogen-bond acceptors (Lipinski definition) is 7. The Morgan fingerprint density at radius 3 is 1.77 bits per heavy atom. The summed E-state index contributed by atoms with van der Waals surface area (Å²) in [6.45, 7) is 8.43. The smallest absolute Gasteiger partial charge is 0.326 e. The van der Waals surface area contributed by atoms with Gasteiger partial charge in [-0.2, -0.15) is 12.6 Å². The molecule has 0 rings (SSSR count). The number of aliphatic hydroxyl groups is 1. The summed E-state index contributed by atoms with van der Waals surface area (Å²) in [6.07, 6.45) is -0.121. The Morgan fingerprint density at radius 1 is 0.867 bits per heavy atom. The molecule has 0 aliphatic rings. The minimum Gasteiger partial charge on any atom is -0.480 e. The summed E-state index contributed by atoms with van der Waals surface area (Å²) in [5, 5.41) is 26.5. The van der Waals surface area contributed by atoms with Gasteiger partial charge in [0.25, 0.3) is 0 Å². The molecule has 10 nitrogen and oxygen atoms in total. The van der Waals surface area contributed by atoms with Crippen molar-refractivity contribution in [2.45, 2.75) is 77.7 Å². The van der Waals surface area contributed by atoms with E-state index in [1.165, 1.54) is 6.92 Å². The second-order valence-corrected chi connectivity index (χ2v) is 7.96. The van der Waals surface area contributed by atoms with Crippen molar-refractivity contribution in [2.75, 3.05) is 5.75 Å². The fraction of sp³-hybridized carbons (Fsp3) is 0.789. The molecule has 0 spiro atoms. The average Bonchev–Trinajstić information content (AvgIpc) is 2.70. The van der Waals surface area contributed by atoms with Crippen molar-refractivity contribution in [1.29, 1.82) is 0 Å². The molecule has 30 heavy (non-hydrogen) atoms. The van der Waals surface area contributed by atoms with E-state index in [0.29, 0.717) is 12.8 Å². The van der Waals surface area contributed by atoms with Gasteiger partial charge in [0.05, 0.1) is 12.1 Å². The van der Waals surface area contributed by atoms with Crippen molar-refractivity contribution >= 4 is 36.3 Å². The van der Waals surface area contributed by atoms with E-state index in [0.717, 1.165) is 0 Å². The fourth-order valence-electron chi connectivity index (χ4n) is 2.56. The number of carbonyl (C=O) groups is 4. The SMILES string of the molecule is CCC(C)C(N)C(=O)NC(CS)C(=O)NC(C(=O)NC(C(=O)O)C(C)CC)C(C)O. The molecule has 3 amide bonds. The number of nitrogens with one attached hydrogen (secondary N) is 3. The van der Waals surface area contributed by atoms with Crippen LogP contribution in [0.2, 0.25) is 0 Å². The Kier molecular flexibility index (Phi) is 12.6. The summed E-state index contributed by atoms with van der Waals surface area (Å²) < 4.78 is 0. The van der Waals surface area contributed by atoms with Gasteiger partial charge in [-0.25, -0.2) is 4.79 Å². The summed E-state index contributed by atoms with van der Waals surface area (Å²) in [5.41, 5.74) is 5.87. The topological polar surface area (TPSA) is 171 Å². The van der Waals surface area contributed by atoms with Crippen molar-refractivity contribution in [3.63, 3.8) is 0 Å². The molecule has 0 aromatic carbocycles. The van der Waals surface area contributed by atoms with Gasteiger partial charge < -0.3 is 31.9 Å². The summed E-state index contributed by atoms with van der Waals surface area (Å²) in [5.74, 6) is -3.85. The molecular formula is C19H36N4O6S. The molecule has 11 heteroatoms.